The fourth-order valence-corrected chi connectivity index (χ4v) is 4.97. The van der Waals surface area contributed by atoms with Gasteiger partial charge in [-0.3, -0.25) is 14.4 Å². The highest BCUT2D eigenvalue weighted by atomic mass is 32.2. The summed E-state index contributed by atoms with van der Waals surface area (Å²) in [5, 5.41) is 12.6. The van der Waals surface area contributed by atoms with E-state index in [1.807, 2.05) is 12.1 Å². The molecule has 0 aliphatic carbocycles. The predicted octanol–water partition coefficient (Wildman–Crippen LogP) is 3.47. The van der Waals surface area contributed by atoms with E-state index in [4.69, 9.17) is 4.74 Å². The molecule has 0 unspecified atom stereocenters. The lowest BCUT2D eigenvalue weighted by molar-refractivity contribution is -0.384. The molecule has 0 aromatic heterocycles. The van der Waals surface area contributed by atoms with Crippen LogP contribution >= 0.6 is 0 Å². The summed E-state index contributed by atoms with van der Waals surface area (Å²) in [7, 11) is -2.30. The minimum Gasteiger partial charge on any atom is -0.496 e. The summed E-state index contributed by atoms with van der Waals surface area (Å²) < 4.78 is 32.6. The van der Waals surface area contributed by atoms with Crippen LogP contribution in [0.3, 0.4) is 0 Å². The molecule has 0 fully saturated rings. The summed E-state index contributed by atoms with van der Waals surface area (Å²) in [5.74, 6) is 0.397. The molecule has 4 rings (SSSR count). The van der Waals surface area contributed by atoms with Crippen molar-refractivity contribution in [2.45, 2.75) is 11.4 Å². The van der Waals surface area contributed by atoms with E-state index >= 15 is 0 Å². The van der Waals surface area contributed by atoms with Crippen molar-refractivity contribution in [2.75, 3.05) is 11.4 Å². The van der Waals surface area contributed by atoms with Crippen LogP contribution in [0.4, 0.5) is 11.4 Å². The Morgan fingerprint density at radius 3 is 2.54 bits per heavy atom. The lowest BCUT2D eigenvalue weighted by atomic mass is 10.1. The maximum Gasteiger partial charge on any atom is 0.270 e. The molecule has 0 atom stereocenters. The summed E-state index contributed by atoms with van der Waals surface area (Å²) in [6, 6.07) is 14.7. The number of nitrogens with zero attached hydrogens (tertiary/aromatic N) is 2. The maximum absolute atomic E-state index is 13.0. The number of methoxy groups -OCH3 is 1. The average molecular weight is 370 g/mol. The average Bonchev–Trinajstić information content (AvgIpc) is 2.85. The third-order valence-corrected chi connectivity index (χ3v) is 6.27. The molecule has 0 saturated heterocycles. The maximum atomic E-state index is 13.0. The Labute approximate surface area is 149 Å². The Hall–Kier alpha value is -3.13. The monoisotopic (exact) mass is 370 g/mol. The zero-order valence-corrected chi connectivity index (χ0v) is 14.6. The Kier molecular flexibility index (Phi) is 3.58. The van der Waals surface area contributed by atoms with Crippen LogP contribution in [0.1, 0.15) is 5.56 Å². The van der Waals surface area contributed by atoms with Gasteiger partial charge in [0.1, 0.15) is 5.75 Å². The molecule has 0 spiro atoms. The molecule has 8 heteroatoms. The van der Waals surface area contributed by atoms with E-state index in [0.29, 0.717) is 22.4 Å². The minimum absolute atomic E-state index is 0.0546. The van der Waals surface area contributed by atoms with Gasteiger partial charge in [0.15, 0.2) is 0 Å². The fourth-order valence-electron chi connectivity index (χ4n) is 3.29. The molecule has 0 amide bonds. The van der Waals surface area contributed by atoms with Crippen molar-refractivity contribution in [2.24, 2.45) is 0 Å². The van der Waals surface area contributed by atoms with Crippen molar-refractivity contribution < 1.29 is 18.1 Å². The number of hydrogen-bond donors (Lipinski definition) is 0. The molecule has 0 radical (unpaired) electrons. The van der Waals surface area contributed by atoms with Crippen LogP contribution < -0.4 is 9.04 Å². The van der Waals surface area contributed by atoms with Gasteiger partial charge in [-0.05, 0) is 23.6 Å². The van der Waals surface area contributed by atoms with Gasteiger partial charge in [-0.1, -0.05) is 24.3 Å². The van der Waals surface area contributed by atoms with Crippen molar-refractivity contribution in [1.82, 2.24) is 0 Å². The van der Waals surface area contributed by atoms with Gasteiger partial charge in [-0.15, -0.1) is 0 Å². The van der Waals surface area contributed by atoms with E-state index < -0.39 is 14.9 Å². The molecule has 26 heavy (non-hydrogen) atoms. The van der Waals surface area contributed by atoms with E-state index in [-0.39, 0.29) is 17.1 Å². The second-order valence-corrected chi connectivity index (χ2v) is 7.73. The number of benzene rings is 3. The SMILES string of the molecule is COc1ccc([N+](=O)[O-])cc1CN1c2cccc3cccc(c23)S1(=O)=O. The van der Waals surface area contributed by atoms with Crippen molar-refractivity contribution in [3.05, 3.63) is 70.3 Å². The van der Waals surface area contributed by atoms with E-state index in [9.17, 15) is 18.5 Å². The van der Waals surface area contributed by atoms with Crippen LogP contribution in [0.25, 0.3) is 10.8 Å². The number of hydrogen-bond acceptors (Lipinski definition) is 5. The van der Waals surface area contributed by atoms with Gasteiger partial charge >= 0.3 is 0 Å². The fraction of sp³-hybridized carbons (Fsp3) is 0.111. The molecule has 1 heterocycles. The normalized spacial score (nSPS) is 14.6. The first kappa shape index (κ1) is 16.3. The molecule has 3 aromatic carbocycles. The van der Waals surface area contributed by atoms with Crippen LogP contribution in [0.5, 0.6) is 5.75 Å². The van der Waals surface area contributed by atoms with Crippen LogP contribution in [0.15, 0.2) is 59.5 Å². The smallest absolute Gasteiger partial charge is 0.270 e. The molecule has 1 aliphatic heterocycles. The zero-order valence-electron chi connectivity index (χ0n) is 13.7. The van der Waals surface area contributed by atoms with Crippen molar-refractivity contribution >= 4 is 32.2 Å². The standard InChI is InChI=1S/C18H14N2O5S/c1-25-16-9-8-14(20(21)22)10-13(16)11-19-15-6-2-4-12-5-3-7-17(18(12)15)26(19,23)24/h2-10H,11H2,1H3. The van der Waals surface area contributed by atoms with Gasteiger partial charge in [0.25, 0.3) is 15.7 Å². The lowest BCUT2D eigenvalue weighted by Crippen LogP contribution is -2.26. The Morgan fingerprint density at radius 2 is 1.85 bits per heavy atom. The van der Waals surface area contributed by atoms with E-state index in [0.717, 1.165) is 5.39 Å². The van der Waals surface area contributed by atoms with E-state index in [1.54, 1.807) is 24.3 Å². The lowest BCUT2D eigenvalue weighted by Gasteiger charge is -2.20. The molecular weight excluding hydrogens is 356 g/mol. The van der Waals surface area contributed by atoms with Crippen molar-refractivity contribution in [1.29, 1.82) is 0 Å². The van der Waals surface area contributed by atoms with Crippen molar-refractivity contribution in [3.8, 4) is 5.75 Å². The Bertz CT molecular complexity index is 1150. The summed E-state index contributed by atoms with van der Waals surface area (Å²) >= 11 is 0. The van der Waals surface area contributed by atoms with Gasteiger partial charge in [-0.2, -0.15) is 0 Å². The topological polar surface area (TPSA) is 89.8 Å². The predicted molar refractivity (Wildman–Crippen MR) is 97.0 cm³/mol. The number of non-ortho nitro benzene ring substituents is 1. The second-order valence-electron chi connectivity index (χ2n) is 5.90. The van der Waals surface area contributed by atoms with E-state index in [1.165, 1.54) is 29.6 Å². The van der Waals surface area contributed by atoms with Gasteiger partial charge in [0, 0.05) is 23.1 Å². The van der Waals surface area contributed by atoms with Crippen LogP contribution in [0.2, 0.25) is 0 Å². The number of nitro benzene ring substituents is 1. The molecule has 0 N–H and O–H groups in total. The Morgan fingerprint density at radius 1 is 1.12 bits per heavy atom. The summed E-state index contributed by atoms with van der Waals surface area (Å²) in [6.07, 6.45) is 0. The first-order chi connectivity index (χ1) is 12.4. The molecule has 0 bridgehead atoms. The number of anilines is 1. The van der Waals surface area contributed by atoms with Gasteiger partial charge in [-0.25, -0.2) is 8.42 Å². The molecule has 132 valence electrons. The van der Waals surface area contributed by atoms with Crippen LogP contribution in [0, 0.1) is 10.1 Å². The first-order valence-corrected chi connectivity index (χ1v) is 9.23. The highest BCUT2D eigenvalue weighted by Gasteiger charge is 2.36. The third-order valence-electron chi connectivity index (χ3n) is 4.47. The quantitative estimate of drug-likeness (QED) is 0.518. The molecular formula is C18H14N2O5S. The Balaban J connectivity index is 1.87. The highest BCUT2D eigenvalue weighted by Crippen LogP contribution is 2.43. The van der Waals surface area contributed by atoms with Gasteiger partial charge in [0.05, 0.1) is 29.2 Å². The first-order valence-electron chi connectivity index (χ1n) is 7.79. The number of rotatable bonds is 4. The highest BCUT2D eigenvalue weighted by molar-refractivity contribution is 7.93. The molecule has 3 aromatic rings. The van der Waals surface area contributed by atoms with Gasteiger partial charge in [0.2, 0.25) is 0 Å². The number of nitro groups is 1. The number of ether oxygens (including phenoxy) is 1. The molecule has 7 nitrogen and oxygen atoms in total. The summed E-state index contributed by atoms with van der Waals surface area (Å²) in [6.45, 7) is -0.0546. The van der Waals surface area contributed by atoms with Gasteiger partial charge < -0.3 is 4.74 Å². The van der Waals surface area contributed by atoms with Crippen molar-refractivity contribution in [3.63, 3.8) is 0 Å². The minimum atomic E-state index is -3.75. The second kappa shape index (κ2) is 5.70. The van der Waals surface area contributed by atoms with Crippen LogP contribution in [-0.2, 0) is 16.6 Å². The largest absolute Gasteiger partial charge is 0.496 e. The zero-order chi connectivity index (χ0) is 18.5. The van der Waals surface area contributed by atoms with E-state index in [2.05, 4.69) is 0 Å². The number of sulfonamides is 1. The molecule has 0 saturated carbocycles. The summed E-state index contributed by atoms with van der Waals surface area (Å²) in [4.78, 5) is 10.8. The molecule has 1 aliphatic rings. The summed E-state index contributed by atoms with van der Waals surface area (Å²) in [5.41, 5.74) is 0.870. The van der Waals surface area contributed by atoms with Crippen LogP contribution in [-0.4, -0.2) is 20.5 Å². The third kappa shape index (κ3) is 2.30.